The molecule has 29 heavy (non-hydrogen) atoms. The summed E-state index contributed by atoms with van der Waals surface area (Å²) >= 11 is 0. The number of nitrogens with zero attached hydrogens (tertiary/aromatic N) is 3. The number of amides is 1. The Hall–Kier alpha value is -3.41. The third-order valence-electron chi connectivity index (χ3n) is 4.97. The van der Waals surface area contributed by atoms with E-state index in [9.17, 15) is 4.79 Å². The van der Waals surface area contributed by atoms with E-state index in [1.54, 1.807) is 18.5 Å². The molecule has 1 N–H and O–H groups in total. The van der Waals surface area contributed by atoms with Crippen molar-refractivity contribution in [2.45, 2.75) is 19.8 Å². The van der Waals surface area contributed by atoms with E-state index in [2.05, 4.69) is 20.2 Å². The van der Waals surface area contributed by atoms with Gasteiger partial charge in [-0.25, -0.2) is 9.97 Å². The number of ether oxygens (including phenoxy) is 1. The number of piperidine rings is 1. The number of carbonyl (C=O) groups is 1. The second kappa shape index (κ2) is 8.73. The van der Waals surface area contributed by atoms with Crippen LogP contribution in [0.2, 0.25) is 0 Å². The van der Waals surface area contributed by atoms with E-state index < -0.39 is 0 Å². The van der Waals surface area contributed by atoms with Gasteiger partial charge in [0.2, 0.25) is 11.9 Å². The van der Waals surface area contributed by atoms with Crippen LogP contribution in [0, 0.1) is 12.8 Å². The maximum atomic E-state index is 12.7. The van der Waals surface area contributed by atoms with Crippen molar-refractivity contribution in [3.8, 4) is 11.5 Å². The first-order chi connectivity index (χ1) is 14.2. The highest BCUT2D eigenvalue weighted by Gasteiger charge is 2.27. The zero-order valence-corrected chi connectivity index (χ0v) is 16.4. The van der Waals surface area contributed by atoms with E-state index in [0.717, 1.165) is 42.1 Å². The smallest absolute Gasteiger partial charge is 0.229 e. The van der Waals surface area contributed by atoms with Crippen LogP contribution >= 0.6 is 0 Å². The van der Waals surface area contributed by atoms with Gasteiger partial charge in [-0.05, 0) is 67.8 Å². The molecule has 6 nitrogen and oxygen atoms in total. The molecule has 1 fully saturated rings. The molecule has 0 aliphatic carbocycles. The summed E-state index contributed by atoms with van der Waals surface area (Å²) in [5.74, 6) is 2.15. The van der Waals surface area contributed by atoms with Crippen LogP contribution in [-0.4, -0.2) is 29.0 Å². The van der Waals surface area contributed by atoms with Crippen LogP contribution in [0.25, 0.3) is 0 Å². The third kappa shape index (κ3) is 4.90. The van der Waals surface area contributed by atoms with E-state index in [0.29, 0.717) is 12.5 Å². The number of rotatable bonds is 5. The molecular formula is C23H24N4O2. The molecule has 0 bridgehead atoms. The fourth-order valence-corrected chi connectivity index (χ4v) is 3.49. The SMILES string of the molecule is Cc1cccc(Oc2ccc(NC(=O)C3CCCN(c4ncccn4)C3)cc2)c1. The Morgan fingerprint density at radius 1 is 1.07 bits per heavy atom. The van der Waals surface area contributed by atoms with Gasteiger partial charge in [-0.2, -0.15) is 0 Å². The summed E-state index contributed by atoms with van der Waals surface area (Å²) in [5.41, 5.74) is 1.91. The monoisotopic (exact) mass is 388 g/mol. The maximum Gasteiger partial charge on any atom is 0.229 e. The van der Waals surface area contributed by atoms with Gasteiger partial charge in [-0.15, -0.1) is 0 Å². The van der Waals surface area contributed by atoms with Crippen LogP contribution in [0.4, 0.5) is 11.6 Å². The predicted molar refractivity (Wildman–Crippen MR) is 113 cm³/mol. The van der Waals surface area contributed by atoms with Crippen molar-refractivity contribution in [2.75, 3.05) is 23.3 Å². The summed E-state index contributed by atoms with van der Waals surface area (Å²) in [4.78, 5) is 23.4. The highest BCUT2D eigenvalue weighted by atomic mass is 16.5. The fraction of sp³-hybridized carbons (Fsp3) is 0.261. The molecule has 1 aliphatic rings. The molecule has 148 valence electrons. The molecule has 1 aliphatic heterocycles. The predicted octanol–water partition coefficient (Wildman–Crippen LogP) is 4.43. The standard InChI is InChI=1S/C23H24N4O2/c1-17-5-2-7-21(15-17)29-20-10-8-19(9-11-20)26-22(28)18-6-3-14-27(16-18)23-24-12-4-13-25-23/h2,4-5,7-13,15,18H,3,6,14,16H2,1H3,(H,26,28). The van der Waals surface area contributed by atoms with Crippen molar-refractivity contribution in [3.63, 3.8) is 0 Å². The largest absolute Gasteiger partial charge is 0.457 e. The normalized spacial score (nSPS) is 16.3. The van der Waals surface area contributed by atoms with Gasteiger partial charge in [-0.3, -0.25) is 4.79 Å². The number of aryl methyl sites for hydroxylation is 1. The van der Waals surface area contributed by atoms with Gasteiger partial charge in [0, 0.05) is 31.2 Å². The minimum Gasteiger partial charge on any atom is -0.457 e. The Morgan fingerprint density at radius 2 is 1.86 bits per heavy atom. The molecular weight excluding hydrogens is 364 g/mol. The molecule has 2 heterocycles. The molecule has 1 amide bonds. The van der Waals surface area contributed by atoms with E-state index in [4.69, 9.17) is 4.74 Å². The molecule has 2 aromatic carbocycles. The van der Waals surface area contributed by atoms with Crippen LogP contribution in [-0.2, 0) is 4.79 Å². The maximum absolute atomic E-state index is 12.7. The lowest BCUT2D eigenvalue weighted by molar-refractivity contribution is -0.120. The molecule has 6 heteroatoms. The van der Waals surface area contributed by atoms with E-state index >= 15 is 0 Å². The summed E-state index contributed by atoms with van der Waals surface area (Å²) in [7, 11) is 0. The Labute approximate surface area is 170 Å². The van der Waals surface area contributed by atoms with E-state index in [1.807, 2.05) is 55.5 Å². The molecule has 1 unspecified atom stereocenters. The number of benzene rings is 2. The molecule has 0 radical (unpaired) electrons. The fourth-order valence-electron chi connectivity index (χ4n) is 3.49. The van der Waals surface area contributed by atoms with Crippen molar-refractivity contribution in [1.82, 2.24) is 9.97 Å². The zero-order chi connectivity index (χ0) is 20.1. The topological polar surface area (TPSA) is 67.3 Å². The first-order valence-electron chi connectivity index (χ1n) is 9.85. The van der Waals surface area contributed by atoms with Crippen LogP contribution in [0.5, 0.6) is 11.5 Å². The minimum atomic E-state index is -0.0872. The van der Waals surface area contributed by atoms with Gasteiger partial charge < -0.3 is 15.0 Å². The van der Waals surface area contributed by atoms with Gasteiger partial charge in [-0.1, -0.05) is 12.1 Å². The van der Waals surface area contributed by atoms with Gasteiger partial charge >= 0.3 is 0 Å². The number of aromatic nitrogens is 2. The highest BCUT2D eigenvalue weighted by molar-refractivity contribution is 5.93. The Morgan fingerprint density at radius 3 is 2.62 bits per heavy atom. The lowest BCUT2D eigenvalue weighted by Gasteiger charge is -2.31. The third-order valence-corrected chi connectivity index (χ3v) is 4.97. The lowest BCUT2D eigenvalue weighted by Crippen LogP contribution is -2.41. The van der Waals surface area contributed by atoms with E-state index in [-0.39, 0.29) is 11.8 Å². The quantitative estimate of drug-likeness (QED) is 0.700. The van der Waals surface area contributed by atoms with Gasteiger partial charge in [0.15, 0.2) is 0 Å². The molecule has 1 atom stereocenters. The minimum absolute atomic E-state index is 0.0259. The number of nitrogens with one attached hydrogen (secondary N) is 1. The average Bonchev–Trinajstić information content (AvgIpc) is 2.76. The van der Waals surface area contributed by atoms with Crippen LogP contribution < -0.4 is 15.0 Å². The molecule has 1 aromatic heterocycles. The van der Waals surface area contributed by atoms with Gasteiger partial charge in [0.1, 0.15) is 11.5 Å². The summed E-state index contributed by atoms with van der Waals surface area (Å²) in [6, 6.07) is 17.2. The molecule has 0 spiro atoms. The van der Waals surface area contributed by atoms with Crippen molar-refractivity contribution in [2.24, 2.45) is 5.92 Å². The van der Waals surface area contributed by atoms with Crippen molar-refractivity contribution < 1.29 is 9.53 Å². The second-order valence-electron chi connectivity index (χ2n) is 7.27. The van der Waals surface area contributed by atoms with Crippen molar-refractivity contribution in [3.05, 3.63) is 72.6 Å². The van der Waals surface area contributed by atoms with Crippen LogP contribution in [0.3, 0.4) is 0 Å². The second-order valence-corrected chi connectivity index (χ2v) is 7.27. The van der Waals surface area contributed by atoms with Crippen molar-refractivity contribution in [1.29, 1.82) is 0 Å². The number of carbonyl (C=O) groups excluding carboxylic acids is 1. The molecule has 1 saturated heterocycles. The van der Waals surface area contributed by atoms with Crippen LogP contribution in [0.1, 0.15) is 18.4 Å². The first kappa shape index (κ1) is 18.9. The van der Waals surface area contributed by atoms with Crippen molar-refractivity contribution >= 4 is 17.5 Å². The zero-order valence-electron chi connectivity index (χ0n) is 16.4. The first-order valence-corrected chi connectivity index (χ1v) is 9.85. The Bertz CT molecular complexity index is 960. The molecule has 3 aromatic rings. The summed E-state index contributed by atoms with van der Waals surface area (Å²) < 4.78 is 5.87. The highest BCUT2D eigenvalue weighted by Crippen LogP contribution is 2.25. The average molecular weight is 388 g/mol. The van der Waals surface area contributed by atoms with Gasteiger partial charge in [0.05, 0.1) is 5.92 Å². The molecule has 0 saturated carbocycles. The van der Waals surface area contributed by atoms with Crippen LogP contribution in [0.15, 0.2) is 67.0 Å². The Balaban J connectivity index is 1.35. The number of hydrogen-bond acceptors (Lipinski definition) is 5. The molecule has 4 rings (SSSR count). The number of hydrogen-bond donors (Lipinski definition) is 1. The van der Waals surface area contributed by atoms with E-state index in [1.165, 1.54) is 0 Å². The summed E-state index contributed by atoms with van der Waals surface area (Å²) in [5, 5.41) is 3.02. The summed E-state index contributed by atoms with van der Waals surface area (Å²) in [6.07, 6.45) is 5.27. The lowest BCUT2D eigenvalue weighted by atomic mass is 9.97. The Kier molecular flexibility index (Phi) is 5.70. The summed E-state index contributed by atoms with van der Waals surface area (Å²) in [6.45, 7) is 3.53. The van der Waals surface area contributed by atoms with Gasteiger partial charge in [0.25, 0.3) is 0 Å². The number of anilines is 2.